The summed E-state index contributed by atoms with van der Waals surface area (Å²) in [6.45, 7) is 1.45. The second-order valence-electron chi connectivity index (χ2n) is 1.23. The Balaban J connectivity index is -0.0000000185. The van der Waals surface area contributed by atoms with Gasteiger partial charge >= 0.3 is 75.0 Å². The SMILES string of the molecule is CCP(=O)(O)O.O=[P+](O)O.[H-].[H-].[Na+].[Na+]. The van der Waals surface area contributed by atoms with Gasteiger partial charge in [-0.2, -0.15) is 0 Å². The first-order chi connectivity index (χ1) is 4.29. The monoisotopic (exact) mass is 239 g/mol. The van der Waals surface area contributed by atoms with E-state index in [4.69, 9.17) is 24.1 Å². The van der Waals surface area contributed by atoms with Crippen molar-refractivity contribution >= 4 is 15.9 Å². The van der Waals surface area contributed by atoms with Crippen molar-refractivity contribution < 1.29 is 90.7 Å². The van der Waals surface area contributed by atoms with Crippen molar-refractivity contribution in [2.24, 2.45) is 0 Å². The van der Waals surface area contributed by atoms with Crippen molar-refractivity contribution in [2.45, 2.75) is 6.92 Å². The molecule has 0 heterocycles. The van der Waals surface area contributed by atoms with Gasteiger partial charge in [0.1, 0.15) is 0 Å². The topological polar surface area (TPSA) is 115 Å². The molecule has 0 aromatic rings. The second kappa shape index (κ2) is 13.2. The first kappa shape index (κ1) is 23.8. The molecular weight excluding hydrogens is 228 g/mol. The van der Waals surface area contributed by atoms with Crippen molar-refractivity contribution in [3.63, 3.8) is 0 Å². The van der Waals surface area contributed by atoms with Crippen molar-refractivity contribution in [1.29, 1.82) is 0 Å². The van der Waals surface area contributed by atoms with Gasteiger partial charge < -0.3 is 12.6 Å². The fourth-order valence-electron chi connectivity index (χ4n) is 0. The molecule has 0 spiro atoms. The van der Waals surface area contributed by atoms with Gasteiger partial charge in [0.25, 0.3) is 0 Å². The molecule has 66 valence electrons. The van der Waals surface area contributed by atoms with Crippen LogP contribution in [0.3, 0.4) is 0 Å². The van der Waals surface area contributed by atoms with Crippen LogP contribution in [0.4, 0.5) is 0 Å². The van der Waals surface area contributed by atoms with Crippen LogP contribution in [-0.2, 0) is 9.13 Å². The van der Waals surface area contributed by atoms with E-state index in [0.29, 0.717) is 0 Å². The van der Waals surface area contributed by atoms with Crippen LogP contribution in [0.15, 0.2) is 0 Å². The maximum Gasteiger partial charge on any atom is 1.00 e. The molecule has 0 aromatic carbocycles. The third-order valence-corrected chi connectivity index (χ3v) is 1.24. The normalized spacial score (nSPS) is 8.08. The van der Waals surface area contributed by atoms with Gasteiger partial charge in [-0.1, -0.05) is 6.92 Å². The van der Waals surface area contributed by atoms with E-state index in [9.17, 15) is 4.57 Å². The van der Waals surface area contributed by atoms with E-state index in [1.165, 1.54) is 6.92 Å². The van der Waals surface area contributed by atoms with E-state index in [1.807, 2.05) is 0 Å². The number of hydrogen-bond acceptors (Lipinski definition) is 2. The molecule has 0 aliphatic carbocycles. The summed E-state index contributed by atoms with van der Waals surface area (Å²) in [7, 11) is -6.52. The average molecular weight is 239 g/mol. The molecular formula is C2H11Na2O6P2+. The Bertz CT molecular complexity index is 149. The van der Waals surface area contributed by atoms with Crippen molar-refractivity contribution in [3.8, 4) is 0 Å². The molecule has 0 saturated carbocycles. The first-order valence-electron chi connectivity index (χ1n) is 2.19. The maximum absolute atomic E-state index is 9.69. The van der Waals surface area contributed by atoms with Crippen LogP contribution >= 0.6 is 15.9 Å². The quantitative estimate of drug-likeness (QED) is 0.267. The van der Waals surface area contributed by atoms with Gasteiger partial charge in [0.05, 0.1) is 0 Å². The maximum atomic E-state index is 9.69. The molecule has 0 rings (SSSR count). The van der Waals surface area contributed by atoms with Crippen LogP contribution < -0.4 is 59.1 Å². The Hall–Kier alpha value is 2.17. The van der Waals surface area contributed by atoms with Gasteiger partial charge in [-0.3, -0.25) is 4.57 Å². The first-order valence-corrected chi connectivity index (χ1v) is 5.15. The molecule has 0 radical (unpaired) electrons. The Kier molecular flexibility index (Phi) is 26.1. The standard InChI is InChI=1S/C2H7O3P.2Na.HO3P.2H/c1-2-6(3,4)5;;;1-4(2)3;;/h2H2,1H3,(H2,3,4,5);;;(H-,1,2,3);;/q;2*+1;;2*-1/p+1. The van der Waals surface area contributed by atoms with Gasteiger partial charge in [0, 0.05) is 10.7 Å². The molecule has 0 fully saturated rings. The van der Waals surface area contributed by atoms with Gasteiger partial charge in [-0.25, -0.2) is 0 Å². The van der Waals surface area contributed by atoms with Crippen LogP contribution in [0.2, 0.25) is 0 Å². The zero-order valence-corrected chi connectivity index (χ0v) is 13.0. The van der Waals surface area contributed by atoms with Crippen LogP contribution in [0.5, 0.6) is 0 Å². The molecule has 0 aliphatic rings. The Morgan fingerprint density at radius 3 is 1.42 bits per heavy atom. The molecule has 10 heteroatoms. The molecule has 0 saturated heterocycles. The van der Waals surface area contributed by atoms with Gasteiger partial charge in [-0.05, 0) is 0 Å². The zero-order valence-electron chi connectivity index (χ0n) is 9.21. The minimum Gasteiger partial charge on any atom is -1.00 e. The average Bonchev–Trinajstić information content (AvgIpc) is 1.63. The predicted octanol–water partition coefficient (Wildman–Crippen LogP) is -5.95. The van der Waals surface area contributed by atoms with Crippen molar-refractivity contribution in [3.05, 3.63) is 0 Å². The minimum absolute atomic E-state index is 0. The van der Waals surface area contributed by atoms with Gasteiger partial charge in [-0.15, -0.1) is 9.79 Å². The number of hydrogen-bond donors (Lipinski definition) is 4. The summed E-state index contributed by atoms with van der Waals surface area (Å²) >= 11 is 0. The summed E-state index contributed by atoms with van der Waals surface area (Å²) in [5, 5.41) is 0. The summed E-state index contributed by atoms with van der Waals surface area (Å²) in [6.07, 6.45) is -0.0625. The summed E-state index contributed by atoms with van der Waals surface area (Å²) in [6, 6.07) is 0. The van der Waals surface area contributed by atoms with E-state index in [0.717, 1.165) is 0 Å². The van der Waals surface area contributed by atoms with Crippen molar-refractivity contribution in [2.75, 3.05) is 6.16 Å². The summed E-state index contributed by atoms with van der Waals surface area (Å²) in [5.74, 6) is 0. The van der Waals surface area contributed by atoms with Gasteiger partial charge in [0.15, 0.2) is 0 Å². The molecule has 0 bridgehead atoms. The Morgan fingerprint density at radius 1 is 1.33 bits per heavy atom. The van der Waals surface area contributed by atoms with Crippen LogP contribution in [0.1, 0.15) is 9.78 Å². The van der Waals surface area contributed by atoms with E-state index in [1.54, 1.807) is 0 Å². The number of rotatable bonds is 1. The fourth-order valence-corrected chi connectivity index (χ4v) is 0. The zero-order chi connectivity index (χ0) is 8.78. The molecule has 0 aliphatic heterocycles. The smallest absolute Gasteiger partial charge is 1.00 e. The van der Waals surface area contributed by atoms with E-state index in [-0.39, 0.29) is 68.1 Å². The third-order valence-electron chi connectivity index (χ3n) is 0.412. The molecule has 0 aromatic heterocycles. The fraction of sp³-hybridized carbons (Fsp3) is 1.00. The van der Waals surface area contributed by atoms with Crippen LogP contribution in [0, 0.1) is 0 Å². The van der Waals surface area contributed by atoms with Gasteiger partial charge in [0.2, 0.25) is 0 Å². The Morgan fingerprint density at radius 2 is 1.42 bits per heavy atom. The molecule has 0 amide bonds. The molecule has 0 unspecified atom stereocenters. The Labute approximate surface area is 118 Å². The molecule has 12 heavy (non-hydrogen) atoms. The molecule has 4 N–H and O–H groups in total. The summed E-state index contributed by atoms with van der Waals surface area (Å²) in [5.41, 5.74) is 0. The van der Waals surface area contributed by atoms with Crippen LogP contribution in [-0.4, -0.2) is 25.7 Å². The minimum atomic E-state index is -3.65. The third kappa shape index (κ3) is 56.8. The van der Waals surface area contributed by atoms with E-state index >= 15 is 0 Å². The molecule has 6 nitrogen and oxygen atoms in total. The largest absolute Gasteiger partial charge is 1.00 e. The molecule has 0 atom stereocenters. The summed E-state index contributed by atoms with van der Waals surface area (Å²) < 4.78 is 18.4. The van der Waals surface area contributed by atoms with E-state index in [2.05, 4.69) is 0 Å². The van der Waals surface area contributed by atoms with Crippen LogP contribution in [0.25, 0.3) is 0 Å². The predicted molar refractivity (Wildman–Crippen MR) is 36.9 cm³/mol. The van der Waals surface area contributed by atoms with Crippen molar-refractivity contribution in [1.82, 2.24) is 0 Å². The summed E-state index contributed by atoms with van der Waals surface area (Å²) in [4.78, 5) is 30.1. The second-order valence-corrected chi connectivity index (χ2v) is 3.70. The van der Waals surface area contributed by atoms with E-state index < -0.39 is 15.9 Å².